The summed E-state index contributed by atoms with van der Waals surface area (Å²) in [6.07, 6.45) is 3.29. The number of hydrogen-bond donors (Lipinski definition) is 2. The molecule has 0 aliphatic carbocycles. The van der Waals surface area contributed by atoms with Crippen LogP contribution in [-0.2, 0) is 0 Å². The minimum absolute atomic E-state index is 0.314. The molecular weight excluding hydrogens is 248 g/mol. The van der Waals surface area contributed by atoms with Crippen molar-refractivity contribution in [3.63, 3.8) is 0 Å². The fourth-order valence-corrected chi connectivity index (χ4v) is 3.08. The van der Waals surface area contributed by atoms with E-state index in [1.807, 2.05) is 0 Å². The molecule has 1 heterocycles. The Morgan fingerprint density at radius 2 is 2.20 bits per heavy atom. The number of nitrogens with zero attached hydrogens (tertiary/aromatic N) is 1. The summed E-state index contributed by atoms with van der Waals surface area (Å²) >= 11 is 0. The van der Waals surface area contributed by atoms with Crippen LogP contribution in [0.25, 0.3) is 0 Å². The second-order valence-electron chi connectivity index (χ2n) is 5.85. The van der Waals surface area contributed by atoms with Crippen LogP contribution in [0.2, 0.25) is 0 Å². The highest BCUT2D eigenvalue weighted by atomic mass is 16.3. The molecule has 3 heteroatoms. The molecule has 0 bridgehead atoms. The van der Waals surface area contributed by atoms with Gasteiger partial charge in [-0.15, -0.1) is 0 Å². The summed E-state index contributed by atoms with van der Waals surface area (Å²) in [4.78, 5) is 2.49. The Morgan fingerprint density at radius 1 is 1.40 bits per heavy atom. The second-order valence-corrected chi connectivity index (χ2v) is 5.85. The summed E-state index contributed by atoms with van der Waals surface area (Å²) in [6.45, 7) is 8.01. The molecule has 2 N–H and O–H groups in total. The van der Waals surface area contributed by atoms with E-state index in [2.05, 4.69) is 48.3 Å². The average molecular weight is 276 g/mol. The summed E-state index contributed by atoms with van der Waals surface area (Å²) in [5.41, 5.74) is 2.76. The topological polar surface area (TPSA) is 35.5 Å². The van der Waals surface area contributed by atoms with Gasteiger partial charge in [0, 0.05) is 31.4 Å². The molecule has 3 nitrogen and oxygen atoms in total. The van der Waals surface area contributed by atoms with Crippen LogP contribution in [0, 0.1) is 5.92 Å². The zero-order valence-corrected chi connectivity index (χ0v) is 12.8. The van der Waals surface area contributed by atoms with E-state index in [9.17, 15) is 0 Å². The number of hydrogen-bond acceptors (Lipinski definition) is 3. The van der Waals surface area contributed by atoms with Crippen molar-refractivity contribution in [1.82, 2.24) is 5.32 Å². The molecule has 1 aliphatic rings. The Labute approximate surface area is 123 Å². The van der Waals surface area contributed by atoms with Crippen molar-refractivity contribution in [1.29, 1.82) is 0 Å². The molecule has 20 heavy (non-hydrogen) atoms. The Balaban J connectivity index is 2.08. The van der Waals surface area contributed by atoms with E-state index in [4.69, 9.17) is 5.11 Å². The minimum Gasteiger partial charge on any atom is -0.396 e. The molecular formula is C17H28N2O. The lowest BCUT2D eigenvalue weighted by atomic mass is 10.0. The van der Waals surface area contributed by atoms with Gasteiger partial charge in [0.15, 0.2) is 0 Å². The molecule has 0 aromatic heterocycles. The molecule has 1 aromatic carbocycles. The highest BCUT2D eigenvalue weighted by Gasteiger charge is 2.24. The van der Waals surface area contributed by atoms with Gasteiger partial charge < -0.3 is 15.3 Å². The monoisotopic (exact) mass is 276 g/mol. The van der Waals surface area contributed by atoms with E-state index in [0.29, 0.717) is 18.6 Å². The largest absolute Gasteiger partial charge is 0.396 e. The molecule has 1 saturated heterocycles. The van der Waals surface area contributed by atoms with Crippen LogP contribution in [0.4, 0.5) is 5.69 Å². The molecule has 2 rings (SSSR count). The molecule has 1 aromatic rings. The number of benzene rings is 1. The van der Waals surface area contributed by atoms with Gasteiger partial charge in [0.2, 0.25) is 0 Å². The van der Waals surface area contributed by atoms with Crippen LogP contribution < -0.4 is 10.2 Å². The normalized spacial score (nSPS) is 20.4. The first kappa shape index (κ1) is 15.3. The SMILES string of the molecule is CCCNC(C)c1ccccc1N1CCC(CCO)C1. The maximum atomic E-state index is 9.09. The number of para-hydroxylation sites is 1. The van der Waals surface area contributed by atoms with Gasteiger partial charge in [-0.25, -0.2) is 0 Å². The van der Waals surface area contributed by atoms with Gasteiger partial charge in [-0.1, -0.05) is 25.1 Å². The van der Waals surface area contributed by atoms with Crippen molar-refractivity contribution in [3.05, 3.63) is 29.8 Å². The van der Waals surface area contributed by atoms with Crippen molar-refractivity contribution in [3.8, 4) is 0 Å². The smallest absolute Gasteiger partial charge is 0.0434 e. The van der Waals surface area contributed by atoms with Crippen molar-refractivity contribution in [2.75, 3.05) is 31.1 Å². The summed E-state index contributed by atoms with van der Waals surface area (Å²) in [5, 5.41) is 12.7. The quantitative estimate of drug-likeness (QED) is 0.804. The predicted molar refractivity (Wildman–Crippen MR) is 85.2 cm³/mol. The maximum absolute atomic E-state index is 9.09. The van der Waals surface area contributed by atoms with Crippen LogP contribution >= 0.6 is 0 Å². The highest BCUT2D eigenvalue weighted by Crippen LogP contribution is 2.31. The zero-order chi connectivity index (χ0) is 14.4. The Bertz CT molecular complexity index is 408. The fraction of sp³-hybridized carbons (Fsp3) is 0.647. The fourth-order valence-electron chi connectivity index (χ4n) is 3.08. The van der Waals surface area contributed by atoms with E-state index in [1.165, 1.54) is 17.7 Å². The number of aliphatic hydroxyl groups is 1. The Kier molecular flexibility index (Phi) is 5.86. The summed E-state index contributed by atoms with van der Waals surface area (Å²) in [7, 11) is 0. The van der Waals surface area contributed by atoms with E-state index in [0.717, 1.165) is 32.5 Å². The van der Waals surface area contributed by atoms with Crippen LogP contribution in [-0.4, -0.2) is 31.3 Å². The van der Waals surface area contributed by atoms with Crippen LogP contribution in [0.3, 0.4) is 0 Å². The third-order valence-corrected chi connectivity index (χ3v) is 4.27. The molecule has 0 amide bonds. The molecule has 0 spiro atoms. The summed E-state index contributed by atoms with van der Waals surface area (Å²) in [5.74, 6) is 0.645. The van der Waals surface area contributed by atoms with Gasteiger partial charge in [0.05, 0.1) is 0 Å². The average Bonchev–Trinajstić information content (AvgIpc) is 2.93. The van der Waals surface area contributed by atoms with E-state index in [1.54, 1.807) is 0 Å². The van der Waals surface area contributed by atoms with Crippen molar-refractivity contribution >= 4 is 5.69 Å². The van der Waals surface area contributed by atoms with Gasteiger partial charge in [-0.05, 0) is 50.3 Å². The molecule has 2 unspecified atom stereocenters. The standard InChI is InChI=1S/C17H28N2O/c1-3-10-18-14(2)16-6-4-5-7-17(16)19-11-8-15(13-19)9-12-20/h4-7,14-15,18,20H,3,8-13H2,1-2H3. The molecule has 1 aliphatic heterocycles. The number of rotatable bonds is 7. The van der Waals surface area contributed by atoms with Gasteiger partial charge in [-0.3, -0.25) is 0 Å². The third kappa shape index (κ3) is 3.74. The number of nitrogens with one attached hydrogen (secondary N) is 1. The lowest BCUT2D eigenvalue weighted by Crippen LogP contribution is -2.25. The van der Waals surface area contributed by atoms with E-state index < -0.39 is 0 Å². The molecule has 112 valence electrons. The van der Waals surface area contributed by atoms with E-state index in [-0.39, 0.29) is 0 Å². The Hall–Kier alpha value is -1.06. The van der Waals surface area contributed by atoms with Crippen LogP contribution in [0.1, 0.15) is 44.7 Å². The second kappa shape index (κ2) is 7.65. The van der Waals surface area contributed by atoms with Crippen molar-refractivity contribution < 1.29 is 5.11 Å². The summed E-state index contributed by atoms with van der Waals surface area (Å²) < 4.78 is 0. The van der Waals surface area contributed by atoms with Crippen molar-refractivity contribution in [2.24, 2.45) is 5.92 Å². The maximum Gasteiger partial charge on any atom is 0.0434 e. The van der Waals surface area contributed by atoms with Gasteiger partial charge >= 0.3 is 0 Å². The third-order valence-electron chi connectivity index (χ3n) is 4.27. The van der Waals surface area contributed by atoms with Gasteiger partial charge in [0.1, 0.15) is 0 Å². The zero-order valence-electron chi connectivity index (χ0n) is 12.8. The number of anilines is 1. The highest BCUT2D eigenvalue weighted by molar-refractivity contribution is 5.55. The number of aliphatic hydroxyl groups excluding tert-OH is 1. The molecule has 2 atom stereocenters. The Morgan fingerprint density at radius 3 is 2.95 bits per heavy atom. The molecule has 0 saturated carbocycles. The first-order valence-electron chi connectivity index (χ1n) is 7.94. The van der Waals surface area contributed by atoms with Crippen LogP contribution in [0.15, 0.2) is 24.3 Å². The van der Waals surface area contributed by atoms with Gasteiger partial charge in [0.25, 0.3) is 0 Å². The molecule has 0 radical (unpaired) electrons. The molecule has 1 fully saturated rings. The van der Waals surface area contributed by atoms with Crippen LogP contribution in [0.5, 0.6) is 0 Å². The summed E-state index contributed by atoms with van der Waals surface area (Å²) in [6, 6.07) is 9.13. The first-order chi connectivity index (χ1) is 9.76. The lowest BCUT2D eigenvalue weighted by molar-refractivity contribution is 0.263. The van der Waals surface area contributed by atoms with E-state index >= 15 is 0 Å². The van der Waals surface area contributed by atoms with Crippen molar-refractivity contribution in [2.45, 2.75) is 39.2 Å². The lowest BCUT2D eigenvalue weighted by Gasteiger charge is -2.25. The minimum atomic E-state index is 0.314. The van der Waals surface area contributed by atoms with Gasteiger partial charge in [-0.2, -0.15) is 0 Å². The predicted octanol–water partition coefficient (Wildman–Crippen LogP) is 2.96. The first-order valence-corrected chi connectivity index (χ1v) is 7.94.